The van der Waals surface area contributed by atoms with E-state index in [0.717, 1.165) is 21.0 Å². The summed E-state index contributed by atoms with van der Waals surface area (Å²) in [6, 6.07) is 18.9. The fraction of sp³-hybridized carbons (Fsp3) is 0.238. The van der Waals surface area contributed by atoms with E-state index >= 15 is 0 Å². The van der Waals surface area contributed by atoms with Gasteiger partial charge in [0.1, 0.15) is 6.04 Å². The van der Waals surface area contributed by atoms with E-state index in [0.29, 0.717) is 6.04 Å². The second kappa shape index (κ2) is 7.44. The van der Waals surface area contributed by atoms with Crippen molar-refractivity contribution < 1.29 is 0 Å². The minimum Gasteiger partial charge on any atom is -0.351 e. The Hall–Kier alpha value is -2.18. The van der Waals surface area contributed by atoms with Crippen molar-refractivity contribution in [2.45, 2.75) is 32.0 Å². The number of anilines is 1. The molecule has 0 saturated carbocycles. The second-order valence-corrected chi connectivity index (χ2v) is 8.21. The first-order chi connectivity index (χ1) is 13.1. The summed E-state index contributed by atoms with van der Waals surface area (Å²) in [5.41, 5.74) is 3.27. The summed E-state index contributed by atoms with van der Waals surface area (Å²) >= 11 is 9.28. The standard InChI is InChI=1S/C21H21BrN4S/c1-14(2)25-13-5-7-18(25)20-19(17-6-3-4-12-23-17)24-21(27)26(20)16-10-8-15(22)9-11-16/h3-14,19-20H,1-2H3,(H,24,27)/t19-,20-/m1/s1. The molecule has 27 heavy (non-hydrogen) atoms. The van der Waals surface area contributed by atoms with Crippen molar-refractivity contribution >= 4 is 38.9 Å². The van der Waals surface area contributed by atoms with Crippen LogP contribution in [0.15, 0.2) is 71.5 Å². The van der Waals surface area contributed by atoms with E-state index in [4.69, 9.17) is 12.2 Å². The SMILES string of the molecule is CC(C)n1cccc1[C@@H]1[C@@H](c2ccccn2)NC(=S)N1c1ccc(Br)cc1. The summed E-state index contributed by atoms with van der Waals surface area (Å²) in [4.78, 5) is 6.81. The number of pyridine rings is 1. The lowest BCUT2D eigenvalue weighted by atomic mass is 10.0. The van der Waals surface area contributed by atoms with E-state index in [-0.39, 0.29) is 12.1 Å². The zero-order chi connectivity index (χ0) is 19.0. The summed E-state index contributed by atoms with van der Waals surface area (Å²) in [5.74, 6) is 0. The van der Waals surface area contributed by atoms with Crippen LogP contribution in [0.3, 0.4) is 0 Å². The van der Waals surface area contributed by atoms with Crippen molar-refractivity contribution in [3.63, 3.8) is 0 Å². The van der Waals surface area contributed by atoms with Crippen LogP contribution < -0.4 is 10.2 Å². The van der Waals surface area contributed by atoms with Gasteiger partial charge in [0, 0.05) is 34.3 Å². The largest absolute Gasteiger partial charge is 0.351 e. The quantitative estimate of drug-likeness (QED) is 0.550. The third-order valence-corrected chi connectivity index (χ3v) is 5.72. The highest BCUT2D eigenvalue weighted by Gasteiger charge is 2.42. The van der Waals surface area contributed by atoms with Crippen molar-refractivity contribution in [2.24, 2.45) is 0 Å². The Morgan fingerprint density at radius 1 is 1.07 bits per heavy atom. The Bertz CT molecular complexity index is 936. The van der Waals surface area contributed by atoms with Crippen molar-refractivity contribution in [3.8, 4) is 0 Å². The van der Waals surface area contributed by atoms with Gasteiger partial charge in [0.05, 0.1) is 11.7 Å². The molecule has 1 aliphatic rings. The number of nitrogens with zero attached hydrogens (tertiary/aromatic N) is 3. The van der Waals surface area contributed by atoms with Crippen LogP contribution in [0.5, 0.6) is 0 Å². The van der Waals surface area contributed by atoms with Gasteiger partial charge in [-0.1, -0.05) is 22.0 Å². The average Bonchev–Trinajstić information content (AvgIpc) is 3.27. The molecule has 0 radical (unpaired) electrons. The molecule has 2 aromatic heterocycles. The van der Waals surface area contributed by atoms with E-state index < -0.39 is 0 Å². The zero-order valence-corrected chi connectivity index (χ0v) is 17.6. The highest BCUT2D eigenvalue weighted by molar-refractivity contribution is 9.10. The van der Waals surface area contributed by atoms with Gasteiger partial charge in [-0.3, -0.25) is 4.98 Å². The molecule has 1 N–H and O–H groups in total. The number of thiocarbonyl (C=S) groups is 1. The van der Waals surface area contributed by atoms with Gasteiger partial charge in [-0.2, -0.15) is 0 Å². The molecule has 3 heterocycles. The topological polar surface area (TPSA) is 33.1 Å². The van der Waals surface area contributed by atoms with Gasteiger partial charge in [0.2, 0.25) is 0 Å². The van der Waals surface area contributed by atoms with Crippen LogP contribution in [-0.2, 0) is 0 Å². The van der Waals surface area contributed by atoms with Crippen molar-refractivity contribution in [1.29, 1.82) is 0 Å². The van der Waals surface area contributed by atoms with Crippen LogP contribution in [-0.4, -0.2) is 14.7 Å². The van der Waals surface area contributed by atoms with Gasteiger partial charge in [-0.05, 0) is 74.6 Å². The Kier molecular flexibility index (Phi) is 5.02. The van der Waals surface area contributed by atoms with Crippen LogP contribution in [0.2, 0.25) is 0 Å². The normalized spacial score (nSPS) is 19.6. The zero-order valence-electron chi connectivity index (χ0n) is 15.2. The van der Waals surface area contributed by atoms with E-state index in [1.54, 1.807) is 0 Å². The highest BCUT2D eigenvalue weighted by atomic mass is 79.9. The summed E-state index contributed by atoms with van der Waals surface area (Å²) in [5, 5.41) is 4.22. The fourth-order valence-electron chi connectivity index (χ4n) is 3.66. The summed E-state index contributed by atoms with van der Waals surface area (Å²) in [7, 11) is 0. The van der Waals surface area contributed by atoms with Gasteiger partial charge >= 0.3 is 0 Å². The number of benzene rings is 1. The van der Waals surface area contributed by atoms with Gasteiger partial charge in [-0.15, -0.1) is 0 Å². The van der Waals surface area contributed by atoms with Gasteiger partial charge in [0.15, 0.2) is 5.11 Å². The highest BCUT2D eigenvalue weighted by Crippen LogP contribution is 2.42. The monoisotopic (exact) mass is 440 g/mol. The Morgan fingerprint density at radius 2 is 1.85 bits per heavy atom. The van der Waals surface area contributed by atoms with Crippen molar-refractivity contribution in [1.82, 2.24) is 14.9 Å². The maximum Gasteiger partial charge on any atom is 0.174 e. The first kappa shape index (κ1) is 18.2. The molecule has 2 atom stereocenters. The molecule has 0 bridgehead atoms. The van der Waals surface area contributed by atoms with Gasteiger partial charge in [-0.25, -0.2) is 0 Å². The molecule has 0 spiro atoms. The molecule has 138 valence electrons. The molecule has 4 rings (SSSR count). The Morgan fingerprint density at radius 3 is 2.52 bits per heavy atom. The number of hydrogen-bond donors (Lipinski definition) is 1. The lowest BCUT2D eigenvalue weighted by Crippen LogP contribution is -2.30. The third kappa shape index (κ3) is 3.39. The lowest BCUT2D eigenvalue weighted by Gasteiger charge is -2.30. The molecule has 1 aliphatic heterocycles. The van der Waals surface area contributed by atoms with Crippen LogP contribution in [0.4, 0.5) is 5.69 Å². The molecule has 3 aromatic rings. The first-order valence-corrected chi connectivity index (χ1v) is 10.2. The second-order valence-electron chi connectivity index (χ2n) is 6.91. The number of hydrogen-bond acceptors (Lipinski definition) is 2. The van der Waals surface area contributed by atoms with E-state index in [1.165, 1.54) is 5.69 Å². The predicted octanol–water partition coefficient (Wildman–Crippen LogP) is 5.40. The Labute approximate surface area is 173 Å². The first-order valence-electron chi connectivity index (χ1n) is 8.99. The maximum absolute atomic E-state index is 5.76. The maximum atomic E-state index is 5.76. The van der Waals surface area contributed by atoms with E-state index in [1.807, 2.05) is 30.5 Å². The molecule has 1 saturated heterocycles. The van der Waals surface area contributed by atoms with Crippen LogP contribution >= 0.6 is 28.1 Å². The summed E-state index contributed by atoms with van der Waals surface area (Å²) in [6.45, 7) is 4.40. The van der Waals surface area contributed by atoms with Crippen LogP contribution in [0.1, 0.15) is 43.4 Å². The fourth-order valence-corrected chi connectivity index (χ4v) is 4.27. The summed E-state index contributed by atoms with van der Waals surface area (Å²) in [6.07, 6.45) is 3.97. The van der Waals surface area contributed by atoms with E-state index in [2.05, 4.69) is 86.1 Å². The minimum absolute atomic E-state index is 0.0188. The van der Waals surface area contributed by atoms with Gasteiger partial charge in [0.25, 0.3) is 0 Å². The Balaban J connectivity index is 1.85. The van der Waals surface area contributed by atoms with Crippen LogP contribution in [0.25, 0.3) is 0 Å². The smallest absolute Gasteiger partial charge is 0.174 e. The molecule has 0 amide bonds. The molecule has 1 aromatic carbocycles. The number of aromatic nitrogens is 2. The number of rotatable bonds is 4. The van der Waals surface area contributed by atoms with Gasteiger partial charge < -0.3 is 14.8 Å². The lowest BCUT2D eigenvalue weighted by molar-refractivity contribution is 0.497. The third-order valence-electron chi connectivity index (χ3n) is 4.87. The molecule has 6 heteroatoms. The van der Waals surface area contributed by atoms with Crippen molar-refractivity contribution in [2.75, 3.05) is 4.90 Å². The molecule has 1 fully saturated rings. The summed E-state index contributed by atoms with van der Waals surface area (Å²) < 4.78 is 3.36. The molecular formula is C21H21BrN4S. The predicted molar refractivity (Wildman–Crippen MR) is 117 cm³/mol. The molecule has 4 nitrogen and oxygen atoms in total. The average molecular weight is 441 g/mol. The number of nitrogens with one attached hydrogen (secondary N) is 1. The van der Waals surface area contributed by atoms with E-state index in [9.17, 15) is 0 Å². The molecular weight excluding hydrogens is 420 g/mol. The molecule has 0 unspecified atom stereocenters. The molecule has 0 aliphatic carbocycles. The number of halogens is 1. The van der Waals surface area contributed by atoms with Crippen molar-refractivity contribution in [3.05, 3.63) is 82.9 Å². The van der Waals surface area contributed by atoms with Crippen LogP contribution in [0, 0.1) is 0 Å². The minimum atomic E-state index is -0.0188.